The van der Waals surface area contributed by atoms with Gasteiger partial charge in [0.15, 0.2) is 0 Å². The van der Waals surface area contributed by atoms with Crippen LogP contribution in [0.1, 0.15) is 19.8 Å². The average molecular weight is 116 g/mol. The molecule has 0 aromatic rings. The highest BCUT2D eigenvalue weighted by Gasteiger charge is 1.95. The van der Waals surface area contributed by atoms with Gasteiger partial charge in [-0.25, -0.2) is 0 Å². The van der Waals surface area contributed by atoms with E-state index in [0.29, 0.717) is 5.92 Å². The van der Waals surface area contributed by atoms with Crippen molar-refractivity contribution < 1.29 is 0 Å². The molecule has 0 aliphatic carbocycles. The summed E-state index contributed by atoms with van der Waals surface area (Å²) in [6, 6.07) is 0. The van der Waals surface area contributed by atoms with Crippen LogP contribution in [0.15, 0.2) is 0 Å². The highest BCUT2D eigenvalue weighted by Crippen LogP contribution is 2.00. The summed E-state index contributed by atoms with van der Waals surface area (Å²) in [5.41, 5.74) is 10.7. The van der Waals surface area contributed by atoms with Gasteiger partial charge in [-0.3, -0.25) is 0 Å². The van der Waals surface area contributed by atoms with Crippen molar-refractivity contribution in [3.8, 4) is 0 Å². The molecule has 50 valence electrons. The van der Waals surface area contributed by atoms with Crippen LogP contribution in [0.2, 0.25) is 0 Å². The quantitative estimate of drug-likeness (QED) is 0.555. The minimum atomic E-state index is 0.651. The number of nitrogens with two attached hydrogens (primary N) is 2. The van der Waals surface area contributed by atoms with Crippen molar-refractivity contribution >= 4 is 0 Å². The predicted molar refractivity (Wildman–Crippen MR) is 36.5 cm³/mol. The van der Waals surface area contributed by atoms with E-state index in [9.17, 15) is 0 Å². The lowest BCUT2D eigenvalue weighted by Gasteiger charge is -2.04. The summed E-state index contributed by atoms with van der Waals surface area (Å²) < 4.78 is 0. The Hall–Kier alpha value is -0.0800. The molecule has 0 fully saturated rings. The first-order valence-electron chi connectivity index (χ1n) is 3.21. The molecule has 2 nitrogen and oxygen atoms in total. The molecule has 0 heterocycles. The molecule has 0 bridgehead atoms. The zero-order valence-corrected chi connectivity index (χ0v) is 5.56. The summed E-state index contributed by atoms with van der Waals surface area (Å²) in [6.45, 7) is 3.74. The first-order chi connectivity index (χ1) is 3.81. The van der Waals surface area contributed by atoms with Crippen molar-refractivity contribution in [2.24, 2.45) is 17.4 Å². The van der Waals surface area contributed by atoms with E-state index >= 15 is 0 Å². The Kier molecular flexibility index (Phi) is 5.01. The summed E-state index contributed by atoms with van der Waals surface area (Å²) in [5.74, 6) is 0.651. The van der Waals surface area contributed by atoms with E-state index in [0.717, 1.165) is 19.5 Å². The molecule has 4 N–H and O–H groups in total. The molecule has 1 atom stereocenters. The lowest BCUT2D eigenvalue weighted by atomic mass is 10.1. The Bertz CT molecular complexity index is 45.8. The zero-order chi connectivity index (χ0) is 6.41. The van der Waals surface area contributed by atoms with E-state index in [-0.39, 0.29) is 0 Å². The molecule has 8 heavy (non-hydrogen) atoms. The van der Waals surface area contributed by atoms with Crippen LogP contribution < -0.4 is 11.5 Å². The average Bonchev–Trinajstić information content (AvgIpc) is 1.83. The third kappa shape index (κ3) is 4.09. The minimum Gasteiger partial charge on any atom is -0.330 e. The Morgan fingerprint density at radius 1 is 1.38 bits per heavy atom. The van der Waals surface area contributed by atoms with Gasteiger partial charge in [-0.05, 0) is 31.8 Å². The molecule has 0 aliphatic heterocycles. The van der Waals surface area contributed by atoms with Gasteiger partial charge in [-0.2, -0.15) is 0 Å². The Labute approximate surface area is 51.2 Å². The fraction of sp³-hybridized carbons (Fsp3) is 1.00. The van der Waals surface area contributed by atoms with Gasteiger partial charge in [0.2, 0.25) is 0 Å². The van der Waals surface area contributed by atoms with Gasteiger partial charge in [0, 0.05) is 0 Å². The van der Waals surface area contributed by atoms with Gasteiger partial charge >= 0.3 is 0 Å². The second-order valence-electron chi connectivity index (χ2n) is 2.27. The highest BCUT2D eigenvalue weighted by molar-refractivity contribution is 4.52. The highest BCUT2D eigenvalue weighted by atomic mass is 14.5. The van der Waals surface area contributed by atoms with Gasteiger partial charge in [-0.1, -0.05) is 6.92 Å². The maximum absolute atomic E-state index is 5.37. The molecule has 0 radical (unpaired) electrons. The van der Waals surface area contributed by atoms with E-state index in [1.807, 2.05) is 0 Å². The second kappa shape index (κ2) is 5.06. The lowest BCUT2D eigenvalue weighted by molar-refractivity contribution is 0.525. The smallest absolute Gasteiger partial charge is 0.00515 e. The largest absolute Gasteiger partial charge is 0.330 e. The van der Waals surface area contributed by atoms with Gasteiger partial charge in [0.25, 0.3) is 0 Å². The molecule has 0 aliphatic rings. The maximum Gasteiger partial charge on any atom is -0.00515 e. The van der Waals surface area contributed by atoms with Crippen molar-refractivity contribution in [2.75, 3.05) is 13.1 Å². The summed E-state index contributed by atoms with van der Waals surface area (Å²) in [6.07, 6.45) is 2.28. The summed E-state index contributed by atoms with van der Waals surface area (Å²) >= 11 is 0. The monoisotopic (exact) mass is 116 g/mol. The maximum atomic E-state index is 5.37. The molecule has 0 saturated carbocycles. The van der Waals surface area contributed by atoms with Crippen molar-refractivity contribution in [3.05, 3.63) is 0 Å². The molecule has 0 aromatic heterocycles. The standard InChI is InChI=1S/C6H16N2/c1-6(5-8)3-2-4-7/h6H,2-5,7-8H2,1H3/t6-/m1/s1. The fourth-order valence-electron chi connectivity index (χ4n) is 0.584. The SMILES string of the molecule is C[C@@H](CN)CCCN. The molecule has 0 amide bonds. The molecule has 0 aromatic carbocycles. The van der Waals surface area contributed by atoms with Gasteiger partial charge in [-0.15, -0.1) is 0 Å². The Morgan fingerprint density at radius 3 is 2.38 bits per heavy atom. The molecule has 0 unspecified atom stereocenters. The first-order valence-corrected chi connectivity index (χ1v) is 3.21. The van der Waals surface area contributed by atoms with E-state index in [2.05, 4.69) is 6.92 Å². The van der Waals surface area contributed by atoms with Gasteiger partial charge in [0.05, 0.1) is 0 Å². The van der Waals surface area contributed by atoms with E-state index < -0.39 is 0 Å². The topological polar surface area (TPSA) is 52.0 Å². The summed E-state index contributed by atoms with van der Waals surface area (Å²) in [7, 11) is 0. The van der Waals surface area contributed by atoms with Gasteiger partial charge in [0.1, 0.15) is 0 Å². The molecular weight excluding hydrogens is 100 g/mol. The van der Waals surface area contributed by atoms with Gasteiger partial charge < -0.3 is 11.5 Å². The third-order valence-electron chi connectivity index (χ3n) is 1.30. The summed E-state index contributed by atoms with van der Waals surface area (Å²) in [4.78, 5) is 0. The van der Waals surface area contributed by atoms with Crippen molar-refractivity contribution in [3.63, 3.8) is 0 Å². The molecule has 0 spiro atoms. The Balaban J connectivity index is 2.86. The fourth-order valence-corrected chi connectivity index (χ4v) is 0.584. The van der Waals surface area contributed by atoms with Crippen molar-refractivity contribution in [1.82, 2.24) is 0 Å². The number of hydrogen-bond acceptors (Lipinski definition) is 2. The van der Waals surface area contributed by atoms with Crippen LogP contribution in [0, 0.1) is 5.92 Å². The van der Waals surface area contributed by atoms with Crippen molar-refractivity contribution in [1.29, 1.82) is 0 Å². The molecule has 2 heteroatoms. The number of rotatable bonds is 4. The Morgan fingerprint density at radius 2 is 2.00 bits per heavy atom. The number of hydrogen-bond donors (Lipinski definition) is 2. The van der Waals surface area contributed by atoms with Crippen LogP contribution >= 0.6 is 0 Å². The normalized spacial score (nSPS) is 13.9. The van der Waals surface area contributed by atoms with Crippen LogP contribution in [0.5, 0.6) is 0 Å². The van der Waals surface area contributed by atoms with Crippen molar-refractivity contribution in [2.45, 2.75) is 19.8 Å². The molecular formula is C6H16N2. The van der Waals surface area contributed by atoms with Crippen LogP contribution in [-0.4, -0.2) is 13.1 Å². The molecule has 0 rings (SSSR count). The van der Waals surface area contributed by atoms with Crippen LogP contribution in [-0.2, 0) is 0 Å². The third-order valence-corrected chi connectivity index (χ3v) is 1.30. The summed E-state index contributed by atoms with van der Waals surface area (Å²) in [5, 5.41) is 0. The van der Waals surface area contributed by atoms with Crippen LogP contribution in [0.4, 0.5) is 0 Å². The van der Waals surface area contributed by atoms with Crippen LogP contribution in [0.25, 0.3) is 0 Å². The first kappa shape index (κ1) is 7.92. The van der Waals surface area contributed by atoms with E-state index in [1.54, 1.807) is 0 Å². The predicted octanol–water partition coefficient (Wildman–Crippen LogP) is 0.320. The van der Waals surface area contributed by atoms with E-state index in [1.165, 1.54) is 6.42 Å². The zero-order valence-electron chi connectivity index (χ0n) is 5.56. The lowest BCUT2D eigenvalue weighted by Crippen LogP contribution is -2.12. The van der Waals surface area contributed by atoms with Crippen LogP contribution in [0.3, 0.4) is 0 Å². The minimum absolute atomic E-state index is 0.651. The second-order valence-corrected chi connectivity index (χ2v) is 2.27. The van der Waals surface area contributed by atoms with E-state index in [4.69, 9.17) is 11.5 Å². The molecule has 0 saturated heterocycles.